The van der Waals surface area contributed by atoms with Gasteiger partial charge in [0, 0.05) is 0 Å². The molecule has 2 rings (SSSR count). The molecule has 2 aromatic carbocycles. The zero-order valence-electron chi connectivity index (χ0n) is 10.7. The Morgan fingerprint density at radius 1 is 1.06 bits per heavy atom. The van der Waals surface area contributed by atoms with E-state index in [2.05, 4.69) is 24.3 Å². The predicted molar refractivity (Wildman–Crippen MR) is 72.2 cm³/mol. The van der Waals surface area contributed by atoms with Gasteiger partial charge in [-0.1, -0.05) is 17.7 Å². The van der Waals surface area contributed by atoms with Crippen LogP contribution in [0.2, 0.25) is 0 Å². The largest absolute Gasteiger partial charge is 2.00 e. The fourth-order valence-corrected chi connectivity index (χ4v) is 1.59. The van der Waals surface area contributed by atoms with Gasteiger partial charge in [-0.05, 0) is 26.0 Å². The second-order valence-electron chi connectivity index (χ2n) is 3.99. The molecule has 90 valence electrons. The summed E-state index contributed by atoms with van der Waals surface area (Å²) in [4.78, 5) is 0. The fraction of sp³-hybridized carbons (Fsp3) is 0.200. The molecule has 0 aliphatic heterocycles. The summed E-state index contributed by atoms with van der Waals surface area (Å²) in [6.07, 6.45) is 0.206. The molecule has 0 aromatic heterocycles. The molecule has 0 spiro atoms. The summed E-state index contributed by atoms with van der Waals surface area (Å²) < 4.78 is 5.67. The maximum absolute atomic E-state index is 5.67. The molecule has 3 heteroatoms. The SMILES string of the molecule is CC(C)Oc1cccc(-c2c[c-]ccc2)c1.[Br-].[Mg+2]. The van der Waals surface area contributed by atoms with Gasteiger partial charge in [0.2, 0.25) is 0 Å². The van der Waals surface area contributed by atoms with Crippen LogP contribution in [0.3, 0.4) is 0 Å². The third-order valence-corrected chi connectivity index (χ3v) is 2.25. The molecule has 0 bridgehead atoms. The predicted octanol–water partition coefficient (Wildman–Crippen LogP) is 0.564. The zero-order chi connectivity index (χ0) is 11.4. The van der Waals surface area contributed by atoms with Crippen LogP contribution in [-0.4, -0.2) is 29.2 Å². The minimum absolute atomic E-state index is 0. The van der Waals surface area contributed by atoms with Crippen molar-refractivity contribution < 1.29 is 21.7 Å². The Labute approximate surface area is 135 Å². The Morgan fingerprint density at radius 3 is 2.39 bits per heavy atom. The molecule has 2 aromatic rings. The van der Waals surface area contributed by atoms with Crippen molar-refractivity contribution in [3.05, 3.63) is 54.6 Å². The van der Waals surface area contributed by atoms with Crippen molar-refractivity contribution in [1.82, 2.24) is 0 Å². The van der Waals surface area contributed by atoms with Crippen molar-refractivity contribution in [2.75, 3.05) is 0 Å². The Kier molecular flexibility index (Phi) is 8.32. The number of ether oxygens (including phenoxy) is 1. The van der Waals surface area contributed by atoms with Gasteiger partial charge in [-0.2, -0.15) is 30.3 Å². The average Bonchev–Trinajstić information content (AvgIpc) is 2.30. The molecule has 0 N–H and O–H groups in total. The quantitative estimate of drug-likeness (QED) is 0.594. The van der Waals surface area contributed by atoms with E-state index in [1.54, 1.807) is 0 Å². The third-order valence-electron chi connectivity index (χ3n) is 2.25. The van der Waals surface area contributed by atoms with Gasteiger partial charge in [0.15, 0.2) is 0 Å². The Balaban J connectivity index is 0.00000144. The van der Waals surface area contributed by atoms with Gasteiger partial charge >= 0.3 is 23.1 Å². The van der Waals surface area contributed by atoms with E-state index in [1.165, 1.54) is 0 Å². The maximum atomic E-state index is 5.67. The molecule has 0 saturated carbocycles. The Bertz CT molecular complexity index is 457. The van der Waals surface area contributed by atoms with Crippen LogP contribution in [0, 0.1) is 6.07 Å². The summed E-state index contributed by atoms with van der Waals surface area (Å²) in [6.45, 7) is 4.06. The first-order chi connectivity index (χ1) is 7.75. The van der Waals surface area contributed by atoms with E-state index in [0.717, 1.165) is 16.9 Å². The molecule has 0 aliphatic rings. The van der Waals surface area contributed by atoms with Gasteiger partial charge in [-0.15, -0.1) is 5.56 Å². The summed E-state index contributed by atoms with van der Waals surface area (Å²) in [5.74, 6) is 0.913. The van der Waals surface area contributed by atoms with E-state index >= 15 is 0 Å². The summed E-state index contributed by atoms with van der Waals surface area (Å²) in [5, 5.41) is 0. The molecular formula is C15H15BrMgO. The molecule has 0 heterocycles. The van der Waals surface area contributed by atoms with Gasteiger partial charge in [-0.25, -0.2) is 0 Å². The second-order valence-corrected chi connectivity index (χ2v) is 3.99. The van der Waals surface area contributed by atoms with Crippen molar-refractivity contribution in [3.63, 3.8) is 0 Å². The topological polar surface area (TPSA) is 9.23 Å². The molecule has 0 aliphatic carbocycles. The number of benzene rings is 2. The van der Waals surface area contributed by atoms with Gasteiger partial charge in [-0.3, -0.25) is 0 Å². The minimum Gasteiger partial charge on any atom is -1.00 e. The van der Waals surface area contributed by atoms with E-state index in [-0.39, 0.29) is 46.1 Å². The van der Waals surface area contributed by atoms with Gasteiger partial charge < -0.3 is 21.7 Å². The number of rotatable bonds is 3. The molecule has 0 fully saturated rings. The normalized spacial score (nSPS) is 9.28. The fourth-order valence-electron chi connectivity index (χ4n) is 1.59. The van der Waals surface area contributed by atoms with Gasteiger partial charge in [0.25, 0.3) is 0 Å². The standard InChI is InChI=1S/C15H15O.BrH.Mg/c1-12(2)16-15-10-6-9-14(11-15)13-7-4-3-5-8-13;;/h3-4,6-12H,1-2H3;1H;/q-1;;+2/p-1. The Hall–Kier alpha value is -0.514. The third kappa shape index (κ3) is 5.00. The van der Waals surface area contributed by atoms with Crippen LogP contribution in [-0.2, 0) is 0 Å². The van der Waals surface area contributed by atoms with Crippen molar-refractivity contribution in [1.29, 1.82) is 0 Å². The monoisotopic (exact) mass is 314 g/mol. The first-order valence-electron chi connectivity index (χ1n) is 5.49. The van der Waals surface area contributed by atoms with Crippen LogP contribution in [0.5, 0.6) is 5.75 Å². The van der Waals surface area contributed by atoms with Crippen molar-refractivity contribution in [2.24, 2.45) is 0 Å². The van der Waals surface area contributed by atoms with Crippen LogP contribution in [0.25, 0.3) is 11.1 Å². The van der Waals surface area contributed by atoms with Crippen molar-refractivity contribution >= 4 is 23.1 Å². The minimum atomic E-state index is 0. The molecule has 0 amide bonds. The van der Waals surface area contributed by atoms with Crippen LogP contribution in [0.4, 0.5) is 0 Å². The summed E-state index contributed by atoms with van der Waals surface area (Å²) in [7, 11) is 0. The number of halogens is 1. The Morgan fingerprint density at radius 2 is 1.78 bits per heavy atom. The number of hydrogen-bond acceptors (Lipinski definition) is 1. The van der Waals surface area contributed by atoms with E-state index in [0.29, 0.717) is 0 Å². The maximum Gasteiger partial charge on any atom is 2.00 e. The first kappa shape index (κ1) is 17.5. The molecule has 0 unspecified atom stereocenters. The smallest absolute Gasteiger partial charge is 1.00 e. The molecule has 0 radical (unpaired) electrons. The molecule has 1 nitrogen and oxygen atoms in total. The first-order valence-corrected chi connectivity index (χ1v) is 5.49. The van der Waals surface area contributed by atoms with E-state index in [1.807, 2.05) is 44.2 Å². The van der Waals surface area contributed by atoms with E-state index < -0.39 is 0 Å². The van der Waals surface area contributed by atoms with Crippen LogP contribution >= 0.6 is 0 Å². The van der Waals surface area contributed by atoms with Crippen molar-refractivity contribution in [3.8, 4) is 16.9 Å². The van der Waals surface area contributed by atoms with Crippen LogP contribution in [0.15, 0.2) is 48.5 Å². The van der Waals surface area contributed by atoms with E-state index in [4.69, 9.17) is 4.74 Å². The van der Waals surface area contributed by atoms with Crippen molar-refractivity contribution in [2.45, 2.75) is 20.0 Å². The van der Waals surface area contributed by atoms with Gasteiger partial charge in [0.05, 0.1) is 6.10 Å². The summed E-state index contributed by atoms with van der Waals surface area (Å²) in [6, 6.07) is 19.2. The van der Waals surface area contributed by atoms with Crippen LogP contribution < -0.4 is 21.7 Å². The van der Waals surface area contributed by atoms with E-state index in [9.17, 15) is 0 Å². The molecular weight excluding hydrogens is 300 g/mol. The molecule has 18 heavy (non-hydrogen) atoms. The summed E-state index contributed by atoms with van der Waals surface area (Å²) in [5.41, 5.74) is 2.33. The average molecular weight is 315 g/mol. The molecule has 0 saturated heterocycles. The van der Waals surface area contributed by atoms with Crippen LogP contribution in [0.1, 0.15) is 13.8 Å². The molecule has 0 atom stereocenters. The second kappa shape index (κ2) is 8.56. The number of hydrogen-bond donors (Lipinski definition) is 0. The van der Waals surface area contributed by atoms with Gasteiger partial charge in [0.1, 0.15) is 5.75 Å². The zero-order valence-corrected chi connectivity index (χ0v) is 13.7. The summed E-state index contributed by atoms with van der Waals surface area (Å²) >= 11 is 0.